The molecule has 1 unspecified atom stereocenters. The van der Waals surface area contributed by atoms with Crippen LogP contribution in [-0.2, 0) is 10.2 Å². The average Bonchev–Trinajstić information content (AvgIpc) is 3.19. The van der Waals surface area contributed by atoms with E-state index in [4.69, 9.17) is 0 Å². The summed E-state index contributed by atoms with van der Waals surface area (Å²) in [6.45, 7) is 11.9. The van der Waals surface area contributed by atoms with Crippen LogP contribution < -0.4 is 10.6 Å². The quantitative estimate of drug-likeness (QED) is 0.261. The molecule has 0 bridgehead atoms. The molecular weight excluding hydrogens is 420 g/mol. The van der Waals surface area contributed by atoms with Gasteiger partial charge in [0, 0.05) is 58.8 Å². The van der Waals surface area contributed by atoms with Crippen molar-refractivity contribution in [1.82, 2.24) is 20.6 Å². The van der Waals surface area contributed by atoms with E-state index >= 15 is 0 Å². The van der Waals surface area contributed by atoms with Gasteiger partial charge in [-0.3, -0.25) is 4.98 Å². The SMILES string of the molecule is CNCC1(CCCCC(C)(C=O)c2ccc3[nH]c(-c4ccnc(C)c4)c(C(C)C)c3c2)CNC1. The van der Waals surface area contributed by atoms with E-state index in [-0.39, 0.29) is 0 Å². The Morgan fingerprint density at radius 2 is 2.00 bits per heavy atom. The molecule has 1 aromatic carbocycles. The third-order valence-corrected chi connectivity index (χ3v) is 7.73. The van der Waals surface area contributed by atoms with Crippen molar-refractivity contribution in [2.24, 2.45) is 5.41 Å². The van der Waals surface area contributed by atoms with Crippen LogP contribution in [0.2, 0.25) is 0 Å². The molecule has 1 atom stereocenters. The highest BCUT2D eigenvalue weighted by Crippen LogP contribution is 2.39. The summed E-state index contributed by atoms with van der Waals surface area (Å²) in [4.78, 5) is 20.4. The third-order valence-electron chi connectivity index (χ3n) is 7.73. The summed E-state index contributed by atoms with van der Waals surface area (Å²) in [5.74, 6) is 0.356. The Morgan fingerprint density at radius 3 is 2.62 bits per heavy atom. The molecule has 5 nitrogen and oxygen atoms in total. The first kappa shape index (κ1) is 24.6. The van der Waals surface area contributed by atoms with Crippen LogP contribution in [0.4, 0.5) is 0 Å². The smallest absolute Gasteiger partial charge is 0.130 e. The molecule has 5 heteroatoms. The summed E-state index contributed by atoms with van der Waals surface area (Å²) in [5, 5.41) is 8.00. The number of carbonyl (C=O) groups is 1. The molecule has 182 valence electrons. The van der Waals surface area contributed by atoms with E-state index in [9.17, 15) is 4.79 Å². The summed E-state index contributed by atoms with van der Waals surface area (Å²) in [5.41, 5.74) is 6.79. The van der Waals surface area contributed by atoms with Crippen LogP contribution in [0.3, 0.4) is 0 Å². The van der Waals surface area contributed by atoms with Crippen LogP contribution in [0.25, 0.3) is 22.2 Å². The number of unbranched alkanes of at least 4 members (excludes halogenated alkanes) is 1. The van der Waals surface area contributed by atoms with E-state index in [1.807, 2.05) is 20.2 Å². The Morgan fingerprint density at radius 1 is 1.21 bits per heavy atom. The standard InChI is InChI=1S/C29H40N4O/c1-20(2)26-24-15-23(8-9-25(24)33-27(26)22-10-13-32-21(3)14-22)28(4,19-34)11-6-7-12-29(16-30-5)17-31-18-29/h8-10,13-15,19-20,30-31,33H,6-7,11-12,16-18H2,1-5H3. The molecule has 0 saturated carbocycles. The second-order valence-electron chi connectivity index (χ2n) is 10.9. The largest absolute Gasteiger partial charge is 0.354 e. The first-order chi connectivity index (χ1) is 16.3. The molecule has 4 rings (SSSR count). The van der Waals surface area contributed by atoms with Gasteiger partial charge < -0.3 is 20.4 Å². The first-order valence-corrected chi connectivity index (χ1v) is 12.7. The van der Waals surface area contributed by atoms with Crippen LogP contribution in [0, 0.1) is 12.3 Å². The monoisotopic (exact) mass is 460 g/mol. The van der Waals surface area contributed by atoms with Gasteiger partial charge in [-0.05, 0) is 75.0 Å². The number of aromatic amines is 1. The van der Waals surface area contributed by atoms with Gasteiger partial charge in [0.05, 0.1) is 5.69 Å². The number of hydrogen-bond acceptors (Lipinski definition) is 4. The van der Waals surface area contributed by atoms with Gasteiger partial charge in [0.25, 0.3) is 0 Å². The maximum atomic E-state index is 12.4. The van der Waals surface area contributed by atoms with Crippen molar-refractivity contribution < 1.29 is 4.79 Å². The van der Waals surface area contributed by atoms with E-state index in [0.717, 1.165) is 73.2 Å². The van der Waals surface area contributed by atoms with E-state index in [2.05, 4.69) is 71.7 Å². The van der Waals surface area contributed by atoms with Gasteiger partial charge >= 0.3 is 0 Å². The van der Waals surface area contributed by atoms with E-state index < -0.39 is 5.41 Å². The minimum Gasteiger partial charge on any atom is -0.354 e. The van der Waals surface area contributed by atoms with Gasteiger partial charge in [0.2, 0.25) is 0 Å². The Hall–Kier alpha value is -2.50. The zero-order valence-corrected chi connectivity index (χ0v) is 21.4. The topological polar surface area (TPSA) is 69.8 Å². The number of carbonyl (C=O) groups excluding carboxylic acids is 1. The number of aldehydes is 1. The predicted octanol–water partition coefficient (Wildman–Crippen LogP) is 5.49. The van der Waals surface area contributed by atoms with E-state index in [0.29, 0.717) is 11.3 Å². The number of rotatable bonds is 11. The van der Waals surface area contributed by atoms with Crippen molar-refractivity contribution in [3.05, 3.63) is 53.3 Å². The summed E-state index contributed by atoms with van der Waals surface area (Å²) < 4.78 is 0. The molecule has 0 radical (unpaired) electrons. The first-order valence-electron chi connectivity index (χ1n) is 12.7. The molecule has 3 N–H and O–H groups in total. The second kappa shape index (κ2) is 10.0. The molecular formula is C29H40N4O. The normalized spacial score (nSPS) is 17.0. The zero-order valence-electron chi connectivity index (χ0n) is 21.4. The summed E-state index contributed by atoms with van der Waals surface area (Å²) in [7, 11) is 2.04. The van der Waals surface area contributed by atoms with Gasteiger partial charge in [-0.1, -0.05) is 32.8 Å². The molecule has 3 heterocycles. The number of hydrogen-bond donors (Lipinski definition) is 3. The molecule has 3 aromatic rings. The van der Waals surface area contributed by atoms with Crippen LogP contribution in [0.5, 0.6) is 0 Å². The number of aromatic nitrogens is 2. The van der Waals surface area contributed by atoms with Crippen LogP contribution in [0.15, 0.2) is 36.5 Å². The number of benzene rings is 1. The van der Waals surface area contributed by atoms with Crippen molar-refractivity contribution in [2.45, 2.75) is 64.7 Å². The van der Waals surface area contributed by atoms with Gasteiger partial charge in [-0.25, -0.2) is 0 Å². The third kappa shape index (κ3) is 4.82. The van der Waals surface area contributed by atoms with Crippen molar-refractivity contribution in [3.63, 3.8) is 0 Å². The summed E-state index contributed by atoms with van der Waals surface area (Å²) >= 11 is 0. The maximum absolute atomic E-state index is 12.4. The highest BCUT2D eigenvalue weighted by atomic mass is 16.1. The minimum absolute atomic E-state index is 0.356. The lowest BCUT2D eigenvalue weighted by atomic mass is 9.75. The zero-order chi connectivity index (χ0) is 24.3. The number of H-pyrrole nitrogens is 1. The van der Waals surface area contributed by atoms with Gasteiger partial charge in [-0.15, -0.1) is 0 Å². The second-order valence-corrected chi connectivity index (χ2v) is 10.9. The lowest BCUT2D eigenvalue weighted by molar-refractivity contribution is -0.112. The number of nitrogens with zero attached hydrogens (tertiary/aromatic N) is 1. The molecule has 1 fully saturated rings. The fourth-order valence-corrected chi connectivity index (χ4v) is 5.60. The summed E-state index contributed by atoms with van der Waals surface area (Å²) in [6, 6.07) is 10.7. The van der Waals surface area contributed by atoms with Crippen LogP contribution >= 0.6 is 0 Å². The molecule has 0 spiro atoms. The highest BCUT2D eigenvalue weighted by molar-refractivity contribution is 5.92. The molecule has 2 aromatic heterocycles. The van der Waals surface area contributed by atoms with Crippen molar-refractivity contribution in [1.29, 1.82) is 0 Å². The van der Waals surface area contributed by atoms with Crippen LogP contribution in [0.1, 0.15) is 69.2 Å². The molecule has 1 aliphatic rings. The Kier molecular flexibility index (Phi) is 7.25. The average molecular weight is 461 g/mol. The molecule has 1 aliphatic heterocycles. The summed E-state index contributed by atoms with van der Waals surface area (Å²) in [6.07, 6.45) is 7.33. The molecule has 1 saturated heterocycles. The van der Waals surface area contributed by atoms with Crippen molar-refractivity contribution in [2.75, 3.05) is 26.7 Å². The highest BCUT2D eigenvalue weighted by Gasteiger charge is 2.36. The lowest BCUT2D eigenvalue weighted by Crippen LogP contribution is -2.57. The van der Waals surface area contributed by atoms with Crippen molar-refractivity contribution >= 4 is 17.2 Å². The fraction of sp³-hybridized carbons (Fsp3) is 0.517. The van der Waals surface area contributed by atoms with Gasteiger partial charge in [-0.2, -0.15) is 0 Å². The number of pyridine rings is 1. The Bertz CT molecular complexity index is 1140. The molecule has 34 heavy (non-hydrogen) atoms. The maximum Gasteiger partial charge on any atom is 0.130 e. The molecule has 0 amide bonds. The van der Waals surface area contributed by atoms with E-state index in [1.54, 1.807) is 0 Å². The van der Waals surface area contributed by atoms with Gasteiger partial charge in [0.15, 0.2) is 0 Å². The number of nitrogens with one attached hydrogen (secondary N) is 3. The van der Waals surface area contributed by atoms with Gasteiger partial charge in [0.1, 0.15) is 6.29 Å². The minimum atomic E-state index is -0.471. The Balaban J connectivity index is 1.58. The number of fused-ring (bicyclic) bond motifs is 1. The van der Waals surface area contributed by atoms with Crippen LogP contribution in [-0.4, -0.2) is 42.9 Å². The van der Waals surface area contributed by atoms with Crippen molar-refractivity contribution in [3.8, 4) is 11.3 Å². The fourth-order valence-electron chi connectivity index (χ4n) is 5.60. The lowest BCUT2D eigenvalue weighted by Gasteiger charge is -2.43. The molecule has 0 aliphatic carbocycles. The Labute approximate surface area is 204 Å². The number of aryl methyl sites for hydroxylation is 1. The predicted molar refractivity (Wildman–Crippen MR) is 141 cm³/mol. The van der Waals surface area contributed by atoms with E-state index in [1.165, 1.54) is 17.4 Å².